The summed E-state index contributed by atoms with van der Waals surface area (Å²) in [4.78, 5) is 0. The van der Waals surface area contributed by atoms with Gasteiger partial charge in [-0.3, -0.25) is 0 Å². The molecule has 0 amide bonds. The average molecular weight is 433 g/mol. The van der Waals surface area contributed by atoms with Crippen molar-refractivity contribution in [3.05, 3.63) is 65.2 Å². The lowest BCUT2D eigenvalue weighted by molar-refractivity contribution is -0.0498. The summed E-state index contributed by atoms with van der Waals surface area (Å²) in [6.45, 7) is -0.896. The van der Waals surface area contributed by atoms with Crippen LogP contribution in [0.3, 0.4) is 0 Å². The normalized spacial score (nSPS) is 23.1. The Balaban J connectivity index is 1.57. The van der Waals surface area contributed by atoms with E-state index in [0.717, 1.165) is 37.7 Å². The highest BCUT2D eigenvalue weighted by molar-refractivity contribution is 5.68. The van der Waals surface area contributed by atoms with E-state index in [9.17, 15) is 8.78 Å². The van der Waals surface area contributed by atoms with E-state index in [4.69, 9.17) is 0 Å². The number of hydrogen-bond acceptors (Lipinski definition) is 1. The van der Waals surface area contributed by atoms with E-state index < -0.39 is 18.2 Å². The minimum absolute atomic E-state index is 0.0356. The second-order valence-electron chi connectivity index (χ2n) is 8.75. The first kappa shape index (κ1) is 21.9. The minimum atomic E-state index is -2.94. The molecule has 0 saturated heterocycles. The van der Waals surface area contributed by atoms with E-state index >= 15 is 8.78 Å². The van der Waals surface area contributed by atoms with Crippen molar-refractivity contribution >= 4 is 0 Å². The lowest BCUT2D eigenvalue weighted by atomic mass is 9.64. The monoisotopic (exact) mass is 432 g/mol. The summed E-state index contributed by atoms with van der Waals surface area (Å²) in [6, 6.07) is 6.99. The van der Waals surface area contributed by atoms with E-state index in [1.165, 1.54) is 36.8 Å². The van der Waals surface area contributed by atoms with E-state index in [2.05, 4.69) is 16.9 Å². The van der Waals surface area contributed by atoms with Gasteiger partial charge in [-0.1, -0.05) is 24.3 Å². The maximum Gasteiger partial charge on any atom is 0.387 e. The summed E-state index contributed by atoms with van der Waals surface area (Å²) in [5.41, 5.74) is 1.70. The molecule has 1 nitrogen and oxygen atoms in total. The zero-order chi connectivity index (χ0) is 22.0. The number of ether oxygens (including phenoxy) is 1. The molecule has 1 saturated carbocycles. The molecule has 2 aliphatic carbocycles. The van der Waals surface area contributed by atoms with Crippen molar-refractivity contribution < 1.29 is 22.3 Å². The van der Waals surface area contributed by atoms with Crippen LogP contribution in [0.4, 0.5) is 17.6 Å². The third-order valence-corrected chi connectivity index (χ3v) is 6.96. The molecule has 0 aromatic heterocycles. The first-order valence-corrected chi connectivity index (χ1v) is 11.1. The Morgan fingerprint density at radius 1 is 1.10 bits per heavy atom. The molecular formula is C26H28F4O. The lowest BCUT2D eigenvalue weighted by Crippen LogP contribution is -2.29. The van der Waals surface area contributed by atoms with Gasteiger partial charge in [-0.2, -0.15) is 8.78 Å². The zero-order valence-electron chi connectivity index (χ0n) is 17.7. The predicted molar refractivity (Wildman–Crippen MR) is 114 cm³/mol. The minimum Gasteiger partial charge on any atom is -0.435 e. The summed E-state index contributed by atoms with van der Waals surface area (Å²) < 4.78 is 59.6. The van der Waals surface area contributed by atoms with Gasteiger partial charge in [0.25, 0.3) is 0 Å². The van der Waals surface area contributed by atoms with Crippen molar-refractivity contribution in [1.29, 1.82) is 0 Å². The fourth-order valence-corrected chi connectivity index (χ4v) is 5.51. The molecule has 3 unspecified atom stereocenters. The van der Waals surface area contributed by atoms with E-state index in [0.29, 0.717) is 29.4 Å². The van der Waals surface area contributed by atoms with Gasteiger partial charge in [0, 0.05) is 0 Å². The molecule has 2 aromatic carbocycles. The van der Waals surface area contributed by atoms with Crippen LogP contribution in [0.5, 0.6) is 5.75 Å². The van der Waals surface area contributed by atoms with Crippen LogP contribution in [-0.2, 0) is 6.42 Å². The van der Waals surface area contributed by atoms with Gasteiger partial charge in [0.1, 0.15) is 17.4 Å². The molecule has 2 aromatic rings. The highest BCUT2D eigenvalue weighted by Gasteiger charge is 2.37. The van der Waals surface area contributed by atoms with Gasteiger partial charge < -0.3 is 4.74 Å². The maximum atomic E-state index is 15.5. The van der Waals surface area contributed by atoms with Crippen LogP contribution in [0.1, 0.15) is 62.5 Å². The second-order valence-corrected chi connectivity index (χ2v) is 8.75. The Bertz CT molecular complexity index is 935. The van der Waals surface area contributed by atoms with Gasteiger partial charge >= 0.3 is 6.61 Å². The Hall–Kier alpha value is -2.30. The zero-order valence-corrected chi connectivity index (χ0v) is 17.7. The second kappa shape index (κ2) is 9.46. The smallest absolute Gasteiger partial charge is 0.387 e. The van der Waals surface area contributed by atoms with Crippen LogP contribution < -0.4 is 4.74 Å². The van der Waals surface area contributed by atoms with Crippen LogP contribution in [0.2, 0.25) is 0 Å². The number of alkyl halides is 2. The molecule has 0 radical (unpaired) electrons. The van der Waals surface area contributed by atoms with Crippen LogP contribution >= 0.6 is 0 Å². The number of halogens is 4. The molecule has 3 atom stereocenters. The summed E-state index contributed by atoms with van der Waals surface area (Å²) >= 11 is 0. The lowest BCUT2D eigenvalue weighted by Gasteiger charge is -2.41. The maximum absolute atomic E-state index is 15.5. The topological polar surface area (TPSA) is 9.23 Å². The van der Waals surface area contributed by atoms with Gasteiger partial charge in [0.2, 0.25) is 0 Å². The number of rotatable bonds is 6. The molecule has 0 heterocycles. The first-order chi connectivity index (χ1) is 15.0. The summed E-state index contributed by atoms with van der Waals surface area (Å²) in [5, 5.41) is 0. The Morgan fingerprint density at radius 3 is 2.58 bits per heavy atom. The third-order valence-electron chi connectivity index (χ3n) is 6.96. The van der Waals surface area contributed by atoms with E-state index in [-0.39, 0.29) is 17.2 Å². The fourth-order valence-electron chi connectivity index (χ4n) is 5.51. The summed E-state index contributed by atoms with van der Waals surface area (Å²) in [6.07, 6.45) is 11.4. The molecule has 1 fully saturated rings. The quantitative estimate of drug-likeness (QED) is 0.332. The van der Waals surface area contributed by atoms with Gasteiger partial charge in [0.15, 0.2) is 0 Å². The Morgan fingerprint density at radius 2 is 1.87 bits per heavy atom. The first-order valence-electron chi connectivity index (χ1n) is 11.1. The van der Waals surface area contributed by atoms with Gasteiger partial charge in [-0.15, -0.1) is 0 Å². The van der Waals surface area contributed by atoms with Gasteiger partial charge in [-0.25, -0.2) is 8.78 Å². The number of benzene rings is 2. The van der Waals surface area contributed by atoms with Crippen molar-refractivity contribution in [2.75, 3.05) is 0 Å². The van der Waals surface area contributed by atoms with Crippen LogP contribution in [0.25, 0.3) is 11.1 Å². The third kappa shape index (κ3) is 4.65. The SMILES string of the molecule is C/C=C/CCC1CCC2c3cc(F)c(-c4ccc(OC(F)F)cc4)c(F)c3CCC2C1. The molecule has 0 spiro atoms. The van der Waals surface area contributed by atoms with Gasteiger partial charge in [-0.05, 0) is 105 Å². The van der Waals surface area contributed by atoms with Crippen molar-refractivity contribution in [2.45, 2.75) is 64.4 Å². The highest BCUT2D eigenvalue weighted by atomic mass is 19.3. The largest absolute Gasteiger partial charge is 0.435 e. The van der Waals surface area contributed by atoms with Gasteiger partial charge in [0.05, 0.1) is 5.56 Å². The van der Waals surface area contributed by atoms with Crippen LogP contribution in [0.15, 0.2) is 42.5 Å². The summed E-state index contributed by atoms with van der Waals surface area (Å²) in [7, 11) is 0. The molecule has 2 aliphatic rings. The molecule has 0 aliphatic heterocycles. The number of allylic oxidation sites excluding steroid dienone is 2. The standard InChI is InChI=1S/C26H28F4O/c1-2-3-4-5-16-6-12-20-18(14-16)9-13-21-22(20)15-23(27)24(25(21)28)17-7-10-19(11-8-17)31-26(29)30/h2-3,7-8,10-11,15-16,18,20,26H,4-6,9,12-14H2,1H3/b3-2+. The molecule has 31 heavy (non-hydrogen) atoms. The number of hydrogen-bond donors (Lipinski definition) is 0. The van der Waals surface area contributed by atoms with Crippen molar-refractivity contribution in [3.63, 3.8) is 0 Å². The van der Waals surface area contributed by atoms with Crippen molar-refractivity contribution in [3.8, 4) is 16.9 Å². The molecule has 4 rings (SSSR count). The van der Waals surface area contributed by atoms with Crippen molar-refractivity contribution in [1.82, 2.24) is 0 Å². The van der Waals surface area contributed by atoms with Crippen LogP contribution in [-0.4, -0.2) is 6.61 Å². The van der Waals surface area contributed by atoms with Crippen LogP contribution in [0, 0.1) is 23.5 Å². The number of fused-ring (bicyclic) bond motifs is 3. The fraction of sp³-hybridized carbons (Fsp3) is 0.462. The molecule has 166 valence electrons. The molecule has 5 heteroatoms. The molecule has 0 bridgehead atoms. The molecule has 0 N–H and O–H groups in total. The highest BCUT2D eigenvalue weighted by Crippen LogP contribution is 2.49. The van der Waals surface area contributed by atoms with E-state index in [1.54, 1.807) is 0 Å². The Labute approximate surface area is 181 Å². The predicted octanol–water partition coefficient (Wildman–Crippen LogP) is 8.04. The van der Waals surface area contributed by atoms with Crippen molar-refractivity contribution in [2.24, 2.45) is 11.8 Å². The summed E-state index contributed by atoms with van der Waals surface area (Å²) in [5.74, 6) is 0.281. The molecular weight excluding hydrogens is 404 g/mol. The Kier molecular flexibility index (Phi) is 6.68. The van der Waals surface area contributed by atoms with E-state index in [1.807, 2.05) is 6.92 Å². The average Bonchev–Trinajstić information content (AvgIpc) is 2.74.